The quantitative estimate of drug-likeness (QED) is 0.711. The number of halogens is 2. The van der Waals surface area contributed by atoms with Gasteiger partial charge in [0.15, 0.2) is 0 Å². The molecule has 2 aromatic rings. The standard InChI is InChI=1S/C19H18F2O/c1-19(2,13-22)18(15-6-10-17(21)11-7-15)12-5-14-3-8-16(20)9-4-14/h3-13,18H,1-2H3/b12-5+. The number of allylic oxidation sites excluding steroid dienone is 1. The first-order chi connectivity index (χ1) is 10.4. The monoisotopic (exact) mass is 300 g/mol. The van der Waals surface area contributed by atoms with Gasteiger partial charge in [0.2, 0.25) is 0 Å². The highest BCUT2D eigenvalue weighted by Gasteiger charge is 2.28. The van der Waals surface area contributed by atoms with Gasteiger partial charge >= 0.3 is 0 Å². The first kappa shape index (κ1) is 16.1. The van der Waals surface area contributed by atoms with E-state index in [1.165, 1.54) is 24.3 Å². The highest BCUT2D eigenvalue weighted by atomic mass is 19.1. The van der Waals surface area contributed by atoms with Crippen LogP contribution in [0.5, 0.6) is 0 Å². The van der Waals surface area contributed by atoms with Crippen LogP contribution in [-0.2, 0) is 4.79 Å². The topological polar surface area (TPSA) is 17.1 Å². The summed E-state index contributed by atoms with van der Waals surface area (Å²) in [5, 5.41) is 0. The van der Waals surface area contributed by atoms with Crippen molar-refractivity contribution in [3.05, 3.63) is 77.4 Å². The minimum Gasteiger partial charge on any atom is -0.303 e. The Morgan fingerprint density at radius 2 is 1.41 bits per heavy atom. The van der Waals surface area contributed by atoms with Crippen molar-refractivity contribution in [3.63, 3.8) is 0 Å². The predicted molar refractivity (Wildman–Crippen MR) is 84.4 cm³/mol. The summed E-state index contributed by atoms with van der Waals surface area (Å²) in [7, 11) is 0. The fourth-order valence-electron chi connectivity index (χ4n) is 2.31. The number of carbonyl (C=O) groups is 1. The maximum Gasteiger partial charge on any atom is 0.126 e. The molecule has 1 nitrogen and oxygen atoms in total. The summed E-state index contributed by atoms with van der Waals surface area (Å²) in [4.78, 5) is 11.4. The molecule has 114 valence electrons. The van der Waals surface area contributed by atoms with Crippen LogP contribution in [0.25, 0.3) is 6.08 Å². The average molecular weight is 300 g/mol. The summed E-state index contributed by atoms with van der Waals surface area (Å²) in [5.74, 6) is -0.801. The van der Waals surface area contributed by atoms with Gasteiger partial charge in [0.05, 0.1) is 0 Å². The van der Waals surface area contributed by atoms with Crippen LogP contribution in [0.2, 0.25) is 0 Å². The van der Waals surface area contributed by atoms with Crippen molar-refractivity contribution >= 4 is 12.4 Å². The molecule has 0 aliphatic heterocycles. The molecule has 0 aromatic heterocycles. The van der Waals surface area contributed by atoms with Gasteiger partial charge in [-0.15, -0.1) is 0 Å². The van der Waals surface area contributed by atoms with Gasteiger partial charge in [0.1, 0.15) is 17.9 Å². The summed E-state index contributed by atoms with van der Waals surface area (Å²) < 4.78 is 26.0. The van der Waals surface area contributed by atoms with E-state index in [0.717, 1.165) is 17.4 Å². The first-order valence-electron chi connectivity index (χ1n) is 7.08. The van der Waals surface area contributed by atoms with Gasteiger partial charge in [-0.3, -0.25) is 0 Å². The van der Waals surface area contributed by atoms with E-state index in [1.807, 2.05) is 26.0 Å². The number of carbonyl (C=O) groups excluding carboxylic acids is 1. The largest absolute Gasteiger partial charge is 0.303 e. The molecule has 0 aliphatic carbocycles. The molecule has 0 radical (unpaired) electrons. The van der Waals surface area contributed by atoms with E-state index in [1.54, 1.807) is 24.3 Å². The highest BCUT2D eigenvalue weighted by Crippen LogP contribution is 2.35. The summed E-state index contributed by atoms with van der Waals surface area (Å²) >= 11 is 0. The van der Waals surface area contributed by atoms with Crippen molar-refractivity contribution < 1.29 is 13.6 Å². The molecular weight excluding hydrogens is 282 g/mol. The Bertz CT molecular complexity index is 655. The summed E-state index contributed by atoms with van der Waals surface area (Å²) in [6.07, 6.45) is 4.64. The molecule has 3 heteroatoms. The Labute approximate surface area is 129 Å². The van der Waals surface area contributed by atoms with Crippen molar-refractivity contribution in [2.45, 2.75) is 19.8 Å². The molecule has 0 heterocycles. The Balaban J connectivity index is 2.34. The second-order valence-electron chi connectivity index (χ2n) is 5.88. The molecule has 0 saturated carbocycles. The van der Waals surface area contributed by atoms with E-state index in [9.17, 15) is 13.6 Å². The van der Waals surface area contributed by atoms with Gasteiger partial charge < -0.3 is 4.79 Å². The van der Waals surface area contributed by atoms with Crippen LogP contribution in [0.3, 0.4) is 0 Å². The van der Waals surface area contributed by atoms with Gasteiger partial charge in [0, 0.05) is 11.3 Å². The van der Waals surface area contributed by atoms with Gasteiger partial charge in [-0.1, -0.05) is 50.3 Å². The van der Waals surface area contributed by atoms with E-state index >= 15 is 0 Å². The van der Waals surface area contributed by atoms with Crippen molar-refractivity contribution in [2.24, 2.45) is 5.41 Å². The zero-order valence-electron chi connectivity index (χ0n) is 12.6. The Hall–Kier alpha value is -2.29. The first-order valence-corrected chi connectivity index (χ1v) is 7.08. The van der Waals surface area contributed by atoms with Crippen LogP contribution in [0.1, 0.15) is 30.9 Å². The SMILES string of the molecule is CC(C)(C=O)C(/C=C/c1ccc(F)cc1)c1ccc(F)cc1. The molecule has 0 saturated heterocycles. The Morgan fingerprint density at radius 3 is 1.91 bits per heavy atom. The lowest BCUT2D eigenvalue weighted by atomic mass is 9.75. The lowest BCUT2D eigenvalue weighted by molar-refractivity contribution is -0.115. The van der Waals surface area contributed by atoms with Crippen LogP contribution in [0.4, 0.5) is 8.78 Å². The number of rotatable bonds is 5. The van der Waals surface area contributed by atoms with Crippen LogP contribution in [0.15, 0.2) is 54.6 Å². The van der Waals surface area contributed by atoms with E-state index in [4.69, 9.17) is 0 Å². The van der Waals surface area contributed by atoms with E-state index in [2.05, 4.69) is 0 Å². The fraction of sp³-hybridized carbons (Fsp3) is 0.211. The maximum absolute atomic E-state index is 13.1. The molecule has 1 unspecified atom stereocenters. The molecule has 0 fully saturated rings. The maximum atomic E-state index is 13.1. The number of hydrogen-bond acceptors (Lipinski definition) is 1. The van der Waals surface area contributed by atoms with Gasteiger partial charge in [-0.2, -0.15) is 0 Å². The van der Waals surface area contributed by atoms with E-state index < -0.39 is 5.41 Å². The molecule has 0 aliphatic rings. The second kappa shape index (κ2) is 6.65. The molecule has 22 heavy (non-hydrogen) atoms. The van der Waals surface area contributed by atoms with Crippen LogP contribution >= 0.6 is 0 Å². The van der Waals surface area contributed by atoms with Crippen molar-refractivity contribution in [2.75, 3.05) is 0 Å². The molecule has 2 rings (SSSR count). The van der Waals surface area contributed by atoms with Crippen LogP contribution in [0, 0.1) is 17.0 Å². The van der Waals surface area contributed by atoms with Crippen LogP contribution < -0.4 is 0 Å². The fourth-order valence-corrected chi connectivity index (χ4v) is 2.31. The molecule has 0 bridgehead atoms. The zero-order chi connectivity index (χ0) is 16.2. The minimum atomic E-state index is -0.631. The van der Waals surface area contributed by atoms with Gasteiger partial charge in [-0.05, 0) is 35.4 Å². The normalized spacial score (nSPS) is 13.3. The summed E-state index contributed by atoms with van der Waals surface area (Å²) in [5.41, 5.74) is 1.07. The molecular formula is C19H18F2O. The van der Waals surface area contributed by atoms with Crippen LogP contribution in [-0.4, -0.2) is 6.29 Å². The third kappa shape index (κ3) is 3.88. The molecule has 0 N–H and O–H groups in total. The number of aldehydes is 1. The van der Waals surface area contributed by atoms with Crippen molar-refractivity contribution in [1.29, 1.82) is 0 Å². The highest BCUT2D eigenvalue weighted by molar-refractivity contribution is 5.63. The Kier molecular flexibility index (Phi) is 4.86. The molecule has 0 amide bonds. The molecule has 0 spiro atoms. The van der Waals surface area contributed by atoms with Crippen molar-refractivity contribution in [3.8, 4) is 0 Å². The van der Waals surface area contributed by atoms with E-state index in [-0.39, 0.29) is 17.6 Å². The smallest absolute Gasteiger partial charge is 0.126 e. The third-order valence-electron chi connectivity index (χ3n) is 3.69. The minimum absolute atomic E-state index is 0.198. The van der Waals surface area contributed by atoms with Gasteiger partial charge in [0.25, 0.3) is 0 Å². The summed E-state index contributed by atoms with van der Waals surface area (Å²) in [6, 6.07) is 12.2. The number of hydrogen-bond donors (Lipinski definition) is 0. The molecule has 2 aromatic carbocycles. The zero-order valence-corrected chi connectivity index (χ0v) is 12.6. The van der Waals surface area contributed by atoms with Crippen molar-refractivity contribution in [1.82, 2.24) is 0 Å². The van der Waals surface area contributed by atoms with Gasteiger partial charge in [-0.25, -0.2) is 8.78 Å². The summed E-state index contributed by atoms with van der Waals surface area (Å²) in [6.45, 7) is 3.67. The third-order valence-corrected chi connectivity index (χ3v) is 3.69. The predicted octanol–water partition coefficient (Wildman–Crippen LogP) is 4.99. The second-order valence-corrected chi connectivity index (χ2v) is 5.88. The average Bonchev–Trinajstić information content (AvgIpc) is 2.51. The molecule has 1 atom stereocenters. The lowest BCUT2D eigenvalue weighted by Gasteiger charge is -2.27. The number of benzene rings is 2. The lowest BCUT2D eigenvalue weighted by Crippen LogP contribution is -2.22. The van der Waals surface area contributed by atoms with E-state index in [0.29, 0.717) is 0 Å². The Morgan fingerprint density at radius 1 is 0.909 bits per heavy atom.